The van der Waals surface area contributed by atoms with Crippen molar-refractivity contribution in [1.82, 2.24) is 0 Å². The quantitative estimate of drug-likeness (QED) is 0.678. The van der Waals surface area contributed by atoms with Crippen molar-refractivity contribution in [2.24, 2.45) is 0 Å². The summed E-state index contributed by atoms with van der Waals surface area (Å²) in [6.07, 6.45) is 4.10. The van der Waals surface area contributed by atoms with Crippen molar-refractivity contribution in [3.8, 4) is 0 Å². The van der Waals surface area contributed by atoms with Crippen LogP contribution >= 0.6 is 0 Å². The Morgan fingerprint density at radius 2 is 2.00 bits per heavy atom. The second-order valence-corrected chi connectivity index (χ2v) is 4.19. The van der Waals surface area contributed by atoms with E-state index in [9.17, 15) is 0 Å². The van der Waals surface area contributed by atoms with E-state index in [0.29, 0.717) is 6.23 Å². The van der Waals surface area contributed by atoms with E-state index in [1.807, 2.05) is 0 Å². The lowest BCUT2D eigenvalue weighted by Crippen LogP contribution is -2.40. The molecule has 0 saturated carbocycles. The third-order valence-electron chi connectivity index (χ3n) is 2.81. The highest BCUT2D eigenvalue weighted by atomic mass is 28.2. The average molecular weight is 207 g/mol. The van der Waals surface area contributed by atoms with E-state index in [4.69, 9.17) is 4.43 Å². The van der Waals surface area contributed by atoms with E-state index in [2.05, 4.69) is 35.2 Å². The minimum Gasteiger partial charge on any atom is -0.408 e. The smallest absolute Gasteiger partial charge is 0.148 e. The van der Waals surface area contributed by atoms with Gasteiger partial charge in [-0.25, -0.2) is 0 Å². The van der Waals surface area contributed by atoms with Gasteiger partial charge in [-0.05, 0) is 31.4 Å². The predicted molar refractivity (Wildman–Crippen MR) is 62.5 cm³/mol. The van der Waals surface area contributed by atoms with Crippen LogP contribution in [0.4, 0.5) is 5.69 Å². The first-order valence-corrected chi connectivity index (χ1v) is 6.08. The Balaban J connectivity index is 2.15. The molecule has 0 aliphatic carbocycles. The Kier molecular flexibility index (Phi) is 3.21. The summed E-state index contributed by atoms with van der Waals surface area (Å²) in [4.78, 5) is 2.39. The molecule has 1 saturated heterocycles. The maximum atomic E-state index is 5.62. The summed E-state index contributed by atoms with van der Waals surface area (Å²) < 4.78 is 5.62. The highest BCUT2D eigenvalue weighted by molar-refractivity contribution is 5.98. The fraction of sp³-hybridized carbons (Fsp3) is 0.455. The molecule has 1 unspecified atom stereocenters. The summed E-state index contributed by atoms with van der Waals surface area (Å²) in [6.45, 7) is 1.14. The molecule has 1 fully saturated rings. The molecule has 0 radical (unpaired) electrons. The molecule has 1 aromatic carbocycles. The van der Waals surface area contributed by atoms with Crippen molar-refractivity contribution < 1.29 is 4.43 Å². The zero-order valence-electron chi connectivity index (χ0n) is 8.65. The normalized spacial score (nSPS) is 22.6. The molecule has 1 aromatic rings. The maximum Gasteiger partial charge on any atom is 0.148 e. The topological polar surface area (TPSA) is 12.5 Å². The van der Waals surface area contributed by atoms with Crippen molar-refractivity contribution in [3.05, 3.63) is 30.3 Å². The van der Waals surface area contributed by atoms with Crippen LogP contribution in [0.3, 0.4) is 0 Å². The Bertz CT molecular complexity index is 278. The number of piperidine rings is 1. The number of para-hydroxylation sites is 1. The summed E-state index contributed by atoms with van der Waals surface area (Å²) in [5, 5.41) is 0. The standard InChI is InChI=1S/C11H17NOSi/c14-13-11-8-4-5-9-12(11)10-6-2-1-3-7-10/h1-3,6-7,11H,4-5,8-9H2,14H3. The van der Waals surface area contributed by atoms with E-state index in [0.717, 1.165) is 17.0 Å². The molecular formula is C11H17NOSi. The Morgan fingerprint density at radius 3 is 2.71 bits per heavy atom. The lowest BCUT2D eigenvalue weighted by Gasteiger charge is -2.36. The van der Waals surface area contributed by atoms with E-state index >= 15 is 0 Å². The first kappa shape index (κ1) is 9.74. The van der Waals surface area contributed by atoms with Crippen LogP contribution in [0.1, 0.15) is 19.3 Å². The molecule has 0 bridgehead atoms. The van der Waals surface area contributed by atoms with Gasteiger partial charge in [-0.1, -0.05) is 18.2 Å². The van der Waals surface area contributed by atoms with Gasteiger partial charge in [-0.2, -0.15) is 0 Å². The summed E-state index contributed by atoms with van der Waals surface area (Å²) in [5.41, 5.74) is 1.30. The van der Waals surface area contributed by atoms with Crippen molar-refractivity contribution in [3.63, 3.8) is 0 Å². The fourth-order valence-electron chi connectivity index (χ4n) is 2.06. The van der Waals surface area contributed by atoms with Crippen LogP contribution in [0.15, 0.2) is 30.3 Å². The number of nitrogens with zero attached hydrogens (tertiary/aromatic N) is 1. The molecule has 1 aliphatic heterocycles. The molecule has 0 spiro atoms. The molecule has 1 atom stereocenters. The lowest BCUT2D eigenvalue weighted by molar-refractivity contribution is 0.180. The predicted octanol–water partition coefficient (Wildman–Crippen LogP) is 1.30. The monoisotopic (exact) mass is 207 g/mol. The van der Waals surface area contributed by atoms with Gasteiger partial charge >= 0.3 is 0 Å². The molecule has 1 heterocycles. The minimum absolute atomic E-state index is 0.331. The van der Waals surface area contributed by atoms with E-state index in [1.165, 1.54) is 24.9 Å². The van der Waals surface area contributed by atoms with Crippen molar-refractivity contribution in [2.45, 2.75) is 25.5 Å². The summed E-state index contributed by atoms with van der Waals surface area (Å²) in [5.74, 6) is 0. The highest BCUT2D eigenvalue weighted by Gasteiger charge is 2.21. The van der Waals surface area contributed by atoms with Crippen LogP contribution < -0.4 is 4.90 Å². The van der Waals surface area contributed by atoms with Gasteiger partial charge < -0.3 is 9.33 Å². The van der Waals surface area contributed by atoms with Crippen LogP contribution in [0.2, 0.25) is 0 Å². The molecule has 0 N–H and O–H groups in total. The number of hydrogen-bond acceptors (Lipinski definition) is 2. The van der Waals surface area contributed by atoms with E-state index < -0.39 is 0 Å². The van der Waals surface area contributed by atoms with Crippen LogP contribution in [-0.4, -0.2) is 23.3 Å². The third kappa shape index (κ3) is 1.99. The van der Waals surface area contributed by atoms with Gasteiger partial charge in [0.25, 0.3) is 0 Å². The maximum absolute atomic E-state index is 5.62. The van der Waals surface area contributed by atoms with Gasteiger partial charge in [-0.3, -0.25) is 0 Å². The van der Waals surface area contributed by atoms with Gasteiger partial charge in [0.05, 0.1) is 0 Å². The molecule has 3 heteroatoms. The molecular weight excluding hydrogens is 190 g/mol. The summed E-state index contributed by atoms with van der Waals surface area (Å²) >= 11 is 0. The van der Waals surface area contributed by atoms with E-state index in [-0.39, 0.29) is 0 Å². The number of hydrogen-bond donors (Lipinski definition) is 0. The molecule has 1 aliphatic rings. The zero-order chi connectivity index (χ0) is 9.80. The SMILES string of the molecule is [SiH3]OC1CCCCN1c1ccccc1. The minimum atomic E-state index is 0.331. The van der Waals surface area contributed by atoms with Crippen LogP contribution in [-0.2, 0) is 4.43 Å². The van der Waals surface area contributed by atoms with E-state index in [1.54, 1.807) is 0 Å². The summed E-state index contributed by atoms with van der Waals surface area (Å²) in [6, 6.07) is 10.6. The van der Waals surface area contributed by atoms with Crippen LogP contribution in [0.5, 0.6) is 0 Å². The van der Waals surface area contributed by atoms with Crippen LogP contribution in [0.25, 0.3) is 0 Å². The van der Waals surface area contributed by atoms with Gasteiger partial charge in [0.1, 0.15) is 16.7 Å². The van der Waals surface area contributed by atoms with Crippen molar-refractivity contribution in [1.29, 1.82) is 0 Å². The van der Waals surface area contributed by atoms with Gasteiger partial charge in [0.15, 0.2) is 0 Å². The number of anilines is 1. The van der Waals surface area contributed by atoms with Crippen LogP contribution in [0, 0.1) is 0 Å². The second kappa shape index (κ2) is 4.62. The Hall–Kier alpha value is -0.803. The molecule has 0 aromatic heterocycles. The first-order chi connectivity index (χ1) is 6.92. The Morgan fingerprint density at radius 1 is 1.21 bits per heavy atom. The van der Waals surface area contributed by atoms with Gasteiger partial charge in [0.2, 0.25) is 0 Å². The molecule has 14 heavy (non-hydrogen) atoms. The molecule has 2 nitrogen and oxygen atoms in total. The van der Waals surface area contributed by atoms with Crippen molar-refractivity contribution >= 4 is 16.2 Å². The largest absolute Gasteiger partial charge is 0.408 e. The number of benzene rings is 1. The molecule has 2 rings (SSSR count). The van der Waals surface area contributed by atoms with Gasteiger partial charge in [-0.15, -0.1) is 0 Å². The Labute approximate surface area is 88.4 Å². The fourth-order valence-corrected chi connectivity index (χ4v) is 2.55. The first-order valence-electron chi connectivity index (χ1n) is 5.26. The average Bonchev–Trinajstić information content (AvgIpc) is 2.30. The van der Waals surface area contributed by atoms with Crippen molar-refractivity contribution in [2.75, 3.05) is 11.4 Å². The highest BCUT2D eigenvalue weighted by Crippen LogP contribution is 2.24. The lowest BCUT2D eigenvalue weighted by atomic mass is 10.1. The molecule has 0 amide bonds. The summed E-state index contributed by atoms with van der Waals surface area (Å²) in [7, 11) is 0.828. The molecule has 76 valence electrons. The second-order valence-electron chi connectivity index (χ2n) is 3.72. The number of rotatable bonds is 2. The zero-order valence-corrected chi connectivity index (χ0v) is 10.6. The third-order valence-corrected chi connectivity index (χ3v) is 3.35. The van der Waals surface area contributed by atoms with Gasteiger partial charge in [0, 0.05) is 12.2 Å².